The fourth-order valence-corrected chi connectivity index (χ4v) is 4.38. The SMILES string of the molecule is CC(C)CC(NC(=O)CCc1ccccc1)C(=O)NC1=CNC2(CCCCCC2)NC1=O. The van der Waals surface area contributed by atoms with Crippen molar-refractivity contribution in [3.8, 4) is 0 Å². The number of carbonyl (C=O) groups excluding carboxylic acids is 3. The van der Waals surface area contributed by atoms with Crippen molar-refractivity contribution in [3.05, 3.63) is 47.8 Å². The van der Waals surface area contributed by atoms with Crippen molar-refractivity contribution in [2.75, 3.05) is 0 Å². The third-order valence-electron chi connectivity index (χ3n) is 6.15. The van der Waals surface area contributed by atoms with E-state index in [9.17, 15) is 14.4 Å². The molecule has 1 aliphatic carbocycles. The summed E-state index contributed by atoms with van der Waals surface area (Å²) >= 11 is 0. The van der Waals surface area contributed by atoms with Crippen molar-refractivity contribution < 1.29 is 14.4 Å². The quantitative estimate of drug-likeness (QED) is 0.499. The average molecular weight is 441 g/mol. The molecule has 0 aromatic heterocycles. The van der Waals surface area contributed by atoms with Gasteiger partial charge < -0.3 is 21.3 Å². The Hall–Kier alpha value is -2.83. The lowest BCUT2D eigenvalue weighted by Crippen LogP contribution is -2.62. The highest BCUT2D eigenvalue weighted by Crippen LogP contribution is 2.27. The van der Waals surface area contributed by atoms with Gasteiger partial charge in [-0.2, -0.15) is 0 Å². The maximum absolute atomic E-state index is 13.0. The lowest BCUT2D eigenvalue weighted by atomic mass is 9.98. The molecule has 4 N–H and O–H groups in total. The van der Waals surface area contributed by atoms with Crippen LogP contribution < -0.4 is 21.3 Å². The average Bonchev–Trinajstić information content (AvgIpc) is 2.99. The number of rotatable bonds is 8. The molecule has 32 heavy (non-hydrogen) atoms. The summed E-state index contributed by atoms with van der Waals surface area (Å²) in [5.41, 5.74) is 0.859. The van der Waals surface area contributed by atoms with Crippen LogP contribution in [0.1, 0.15) is 70.8 Å². The molecule has 0 saturated heterocycles. The van der Waals surface area contributed by atoms with Gasteiger partial charge in [0.05, 0.1) is 0 Å². The van der Waals surface area contributed by atoms with E-state index >= 15 is 0 Å². The van der Waals surface area contributed by atoms with Crippen LogP contribution in [0, 0.1) is 5.92 Å². The lowest BCUT2D eigenvalue weighted by molar-refractivity contribution is -0.130. The molecule has 0 bridgehead atoms. The number of hydrogen-bond donors (Lipinski definition) is 4. The number of nitrogens with one attached hydrogen (secondary N) is 4. The van der Waals surface area contributed by atoms with Gasteiger partial charge >= 0.3 is 0 Å². The van der Waals surface area contributed by atoms with Crippen molar-refractivity contribution in [1.29, 1.82) is 0 Å². The largest absolute Gasteiger partial charge is 0.367 e. The molecule has 1 aromatic carbocycles. The van der Waals surface area contributed by atoms with Gasteiger partial charge in [0.25, 0.3) is 5.91 Å². The number of aryl methyl sites for hydroxylation is 1. The molecular formula is C25H36N4O3. The van der Waals surface area contributed by atoms with Gasteiger partial charge in [0.2, 0.25) is 11.8 Å². The second-order valence-corrected chi connectivity index (χ2v) is 9.38. The third kappa shape index (κ3) is 6.84. The zero-order valence-electron chi connectivity index (χ0n) is 19.2. The highest BCUT2D eigenvalue weighted by Gasteiger charge is 2.36. The number of carbonyl (C=O) groups is 3. The molecule has 1 atom stereocenters. The highest BCUT2D eigenvalue weighted by atomic mass is 16.2. The Kier molecular flexibility index (Phi) is 8.31. The topological polar surface area (TPSA) is 99.3 Å². The van der Waals surface area contributed by atoms with E-state index in [0.29, 0.717) is 19.3 Å². The molecule has 3 amide bonds. The highest BCUT2D eigenvalue weighted by molar-refractivity contribution is 6.00. The summed E-state index contributed by atoms with van der Waals surface area (Å²) in [6.45, 7) is 4.00. The Balaban J connectivity index is 1.58. The van der Waals surface area contributed by atoms with Gasteiger partial charge in [-0.15, -0.1) is 0 Å². The number of hydrogen-bond acceptors (Lipinski definition) is 4. The Morgan fingerprint density at radius 2 is 1.75 bits per heavy atom. The van der Waals surface area contributed by atoms with Gasteiger partial charge in [0.15, 0.2) is 0 Å². The van der Waals surface area contributed by atoms with E-state index < -0.39 is 11.7 Å². The molecule has 1 unspecified atom stereocenters. The maximum Gasteiger partial charge on any atom is 0.271 e. The summed E-state index contributed by atoms with van der Waals surface area (Å²) in [7, 11) is 0. The molecule has 7 heteroatoms. The molecule has 3 rings (SSSR count). The van der Waals surface area contributed by atoms with Crippen molar-refractivity contribution >= 4 is 17.7 Å². The van der Waals surface area contributed by atoms with Gasteiger partial charge in [-0.3, -0.25) is 14.4 Å². The monoisotopic (exact) mass is 440 g/mol. The van der Waals surface area contributed by atoms with Crippen LogP contribution in [-0.2, 0) is 20.8 Å². The fraction of sp³-hybridized carbons (Fsp3) is 0.560. The standard InChI is InChI=1S/C25H36N4O3/c1-18(2)16-20(27-22(30)13-12-19-10-6-5-7-11-19)23(31)28-21-17-26-25(29-24(21)32)14-8-3-4-9-15-25/h5-7,10-11,17-18,20,26H,3-4,8-9,12-16H2,1-2H3,(H,27,30)(H,28,31)(H,29,32). The van der Waals surface area contributed by atoms with Crippen molar-refractivity contribution in [3.63, 3.8) is 0 Å². The van der Waals surface area contributed by atoms with Gasteiger partial charge in [-0.1, -0.05) is 57.0 Å². The number of benzene rings is 1. The molecule has 1 aromatic rings. The summed E-state index contributed by atoms with van der Waals surface area (Å²) in [5, 5.41) is 12.0. The summed E-state index contributed by atoms with van der Waals surface area (Å²) in [6, 6.07) is 9.09. The van der Waals surface area contributed by atoms with E-state index in [-0.39, 0.29) is 29.3 Å². The van der Waals surface area contributed by atoms with Crippen LogP contribution in [0.5, 0.6) is 0 Å². The lowest BCUT2D eigenvalue weighted by Gasteiger charge is -2.38. The predicted octanol–water partition coefficient (Wildman–Crippen LogP) is 2.88. The van der Waals surface area contributed by atoms with E-state index in [0.717, 1.165) is 31.2 Å². The first kappa shape index (κ1) is 23.8. The van der Waals surface area contributed by atoms with Crippen molar-refractivity contribution in [1.82, 2.24) is 21.3 Å². The second-order valence-electron chi connectivity index (χ2n) is 9.38. The Morgan fingerprint density at radius 1 is 1.06 bits per heavy atom. The summed E-state index contributed by atoms with van der Waals surface area (Å²) in [4.78, 5) is 38.2. The van der Waals surface area contributed by atoms with Crippen molar-refractivity contribution in [2.24, 2.45) is 5.92 Å². The first-order valence-electron chi connectivity index (χ1n) is 11.8. The van der Waals surface area contributed by atoms with Crippen LogP contribution in [0.15, 0.2) is 42.2 Å². The smallest absolute Gasteiger partial charge is 0.271 e. The van der Waals surface area contributed by atoms with Crippen molar-refractivity contribution in [2.45, 2.75) is 83.3 Å². The van der Waals surface area contributed by atoms with Gasteiger partial charge in [0.1, 0.15) is 17.4 Å². The first-order valence-corrected chi connectivity index (χ1v) is 11.8. The van der Waals surface area contributed by atoms with Gasteiger partial charge in [0, 0.05) is 12.6 Å². The minimum Gasteiger partial charge on any atom is -0.367 e. The van der Waals surface area contributed by atoms with E-state index in [1.165, 1.54) is 12.8 Å². The van der Waals surface area contributed by atoms with Crippen LogP contribution in [-0.4, -0.2) is 29.4 Å². The normalized spacial score (nSPS) is 18.7. The zero-order chi connectivity index (χ0) is 23.0. The van der Waals surface area contributed by atoms with E-state index in [2.05, 4.69) is 21.3 Å². The number of amides is 3. The summed E-state index contributed by atoms with van der Waals surface area (Å²) in [6.07, 6.45) is 9.26. The fourth-order valence-electron chi connectivity index (χ4n) is 4.38. The summed E-state index contributed by atoms with van der Waals surface area (Å²) in [5.74, 6) is -0.613. The van der Waals surface area contributed by atoms with Crippen LogP contribution in [0.2, 0.25) is 0 Å². The molecule has 0 radical (unpaired) electrons. The van der Waals surface area contributed by atoms with Crippen LogP contribution in [0.4, 0.5) is 0 Å². The molecule has 7 nitrogen and oxygen atoms in total. The minimum atomic E-state index is -0.694. The molecule has 1 aliphatic heterocycles. The van der Waals surface area contributed by atoms with E-state index in [1.807, 2.05) is 44.2 Å². The molecule has 1 fully saturated rings. The maximum atomic E-state index is 13.0. The van der Waals surface area contributed by atoms with E-state index in [1.54, 1.807) is 6.20 Å². The molecular weight excluding hydrogens is 404 g/mol. The zero-order valence-corrected chi connectivity index (χ0v) is 19.2. The predicted molar refractivity (Wildman–Crippen MR) is 124 cm³/mol. The molecule has 1 spiro atoms. The molecule has 1 saturated carbocycles. The third-order valence-corrected chi connectivity index (χ3v) is 6.15. The second kappa shape index (κ2) is 11.2. The molecule has 1 heterocycles. The first-order chi connectivity index (χ1) is 15.4. The molecule has 174 valence electrons. The Bertz CT molecular complexity index is 827. The Labute approximate surface area is 190 Å². The Morgan fingerprint density at radius 3 is 2.38 bits per heavy atom. The van der Waals surface area contributed by atoms with Crippen LogP contribution >= 0.6 is 0 Å². The van der Waals surface area contributed by atoms with Crippen LogP contribution in [0.3, 0.4) is 0 Å². The minimum absolute atomic E-state index is 0.174. The molecule has 2 aliphatic rings. The van der Waals surface area contributed by atoms with Gasteiger partial charge in [-0.05, 0) is 50.0 Å². The van der Waals surface area contributed by atoms with Crippen LogP contribution in [0.25, 0.3) is 0 Å². The van der Waals surface area contributed by atoms with Gasteiger partial charge in [-0.25, -0.2) is 0 Å². The summed E-state index contributed by atoms with van der Waals surface area (Å²) < 4.78 is 0. The van der Waals surface area contributed by atoms with E-state index in [4.69, 9.17) is 0 Å².